The van der Waals surface area contributed by atoms with Gasteiger partial charge in [0, 0.05) is 12.0 Å². The van der Waals surface area contributed by atoms with Gasteiger partial charge in [-0.1, -0.05) is 26.0 Å². The number of alkyl halides is 3. The van der Waals surface area contributed by atoms with Crippen LogP contribution in [0, 0.1) is 5.41 Å². The molecule has 25 heavy (non-hydrogen) atoms. The molecule has 1 rings (SSSR count). The molecule has 4 N–H and O–H groups in total. The monoisotopic (exact) mass is 362 g/mol. The van der Waals surface area contributed by atoms with Crippen LogP contribution in [0.1, 0.15) is 25.0 Å². The van der Waals surface area contributed by atoms with Crippen molar-refractivity contribution in [2.24, 2.45) is 5.41 Å². The molecule has 0 aliphatic rings. The Hall–Kier alpha value is -2.13. The largest absolute Gasteiger partial charge is 0.416 e. The van der Waals surface area contributed by atoms with Gasteiger partial charge < -0.3 is 20.8 Å². The highest BCUT2D eigenvalue weighted by atomic mass is 19.4. The molecule has 0 saturated heterocycles. The van der Waals surface area contributed by atoms with Crippen molar-refractivity contribution in [1.29, 1.82) is 0 Å². The summed E-state index contributed by atoms with van der Waals surface area (Å²) in [7, 11) is 0. The summed E-state index contributed by atoms with van der Waals surface area (Å²) in [6.45, 7) is 1.94. The van der Waals surface area contributed by atoms with Crippen LogP contribution in [0.4, 0.5) is 13.2 Å². The highest BCUT2D eigenvalue weighted by Crippen LogP contribution is 2.29. The first-order valence-electron chi connectivity index (χ1n) is 7.47. The van der Waals surface area contributed by atoms with Crippen molar-refractivity contribution in [3.05, 3.63) is 35.4 Å². The maximum atomic E-state index is 12.6. The topological polar surface area (TPSA) is 98.7 Å². The fourth-order valence-corrected chi connectivity index (χ4v) is 1.83. The highest BCUT2D eigenvalue weighted by Gasteiger charge is 2.33. The summed E-state index contributed by atoms with van der Waals surface area (Å²) in [5, 5.41) is 23.4. The van der Waals surface area contributed by atoms with E-state index in [1.54, 1.807) is 0 Å². The van der Waals surface area contributed by atoms with Crippen LogP contribution >= 0.6 is 0 Å². The average Bonchev–Trinajstić information content (AvgIpc) is 2.56. The first-order valence-corrected chi connectivity index (χ1v) is 7.47. The van der Waals surface area contributed by atoms with Gasteiger partial charge in [0.05, 0.1) is 18.7 Å². The molecule has 0 saturated carbocycles. The van der Waals surface area contributed by atoms with Gasteiger partial charge in [0.25, 0.3) is 0 Å². The van der Waals surface area contributed by atoms with Gasteiger partial charge in [-0.05, 0) is 17.7 Å². The Morgan fingerprint density at radius 3 is 2.40 bits per heavy atom. The number of hydrogen-bond acceptors (Lipinski definition) is 4. The number of aliphatic hydroxyl groups is 2. The molecule has 0 fully saturated rings. The smallest absolute Gasteiger partial charge is 0.396 e. The number of halogens is 3. The second-order valence-electron chi connectivity index (χ2n) is 6.24. The predicted molar refractivity (Wildman–Crippen MR) is 83.2 cm³/mol. The molecule has 6 nitrogen and oxygen atoms in total. The Morgan fingerprint density at radius 1 is 1.20 bits per heavy atom. The normalized spacial score (nSPS) is 13.2. The lowest BCUT2D eigenvalue weighted by molar-refractivity contribution is -0.138. The first kappa shape index (κ1) is 20.9. The molecule has 0 bridgehead atoms. The molecule has 1 atom stereocenters. The third kappa shape index (κ3) is 6.35. The van der Waals surface area contributed by atoms with E-state index in [1.165, 1.54) is 26.0 Å². The van der Waals surface area contributed by atoms with Crippen molar-refractivity contribution in [2.75, 3.05) is 13.2 Å². The summed E-state index contributed by atoms with van der Waals surface area (Å²) in [6, 6.07) is 4.52. The number of carbonyl (C=O) groups is 2. The van der Waals surface area contributed by atoms with E-state index in [2.05, 4.69) is 10.6 Å². The van der Waals surface area contributed by atoms with Crippen molar-refractivity contribution in [1.82, 2.24) is 10.6 Å². The summed E-state index contributed by atoms with van der Waals surface area (Å²) >= 11 is 0. The quantitative estimate of drug-likeness (QED) is 0.577. The molecule has 0 spiro atoms. The van der Waals surface area contributed by atoms with E-state index in [1.807, 2.05) is 0 Å². The van der Waals surface area contributed by atoms with Gasteiger partial charge in [-0.3, -0.25) is 9.59 Å². The fraction of sp³-hybridized carbons (Fsp3) is 0.500. The molecule has 1 aromatic carbocycles. The minimum Gasteiger partial charge on any atom is -0.396 e. The van der Waals surface area contributed by atoms with Gasteiger partial charge in [-0.15, -0.1) is 0 Å². The minimum absolute atomic E-state index is 0.136. The lowest BCUT2D eigenvalue weighted by Gasteiger charge is -2.26. The zero-order valence-corrected chi connectivity index (χ0v) is 13.9. The third-order valence-electron chi connectivity index (χ3n) is 3.56. The SMILES string of the molecule is CC(C)(CO)[C@@H](O)C(=O)NCC(=O)NCc1cccc(C(F)(F)F)c1. The second kappa shape index (κ2) is 8.30. The van der Waals surface area contributed by atoms with Gasteiger partial charge in [0.1, 0.15) is 6.10 Å². The molecule has 0 aromatic heterocycles. The number of benzene rings is 1. The first-order chi connectivity index (χ1) is 11.5. The maximum Gasteiger partial charge on any atom is 0.416 e. The van der Waals surface area contributed by atoms with Crippen molar-refractivity contribution < 1.29 is 33.0 Å². The third-order valence-corrected chi connectivity index (χ3v) is 3.56. The van der Waals surface area contributed by atoms with E-state index in [9.17, 15) is 27.9 Å². The molecule has 0 radical (unpaired) electrons. The van der Waals surface area contributed by atoms with Crippen LogP contribution < -0.4 is 10.6 Å². The van der Waals surface area contributed by atoms with Gasteiger partial charge >= 0.3 is 6.18 Å². The summed E-state index contributed by atoms with van der Waals surface area (Å²) in [5.74, 6) is -1.45. The molecule has 1 aromatic rings. The Kier molecular flexibility index (Phi) is 6.95. The predicted octanol–water partition coefficient (Wildman–Crippen LogP) is 0.817. The van der Waals surface area contributed by atoms with Crippen LogP contribution in [0.25, 0.3) is 0 Å². The molecule has 0 aliphatic carbocycles. The zero-order chi connectivity index (χ0) is 19.3. The molecular formula is C16H21F3N2O4. The van der Waals surface area contributed by atoms with Gasteiger partial charge in [-0.2, -0.15) is 13.2 Å². The lowest BCUT2D eigenvalue weighted by Crippen LogP contribution is -2.48. The van der Waals surface area contributed by atoms with Crippen LogP contribution in [-0.4, -0.2) is 41.3 Å². The Balaban J connectivity index is 2.50. The van der Waals surface area contributed by atoms with E-state index in [-0.39, 0.29) is 12.1 Å². The van der Waals surface area contributed by atoms with E-state index in [4.69, 9.17) is 5.11 Å². The van der Waals surface area contributed by atoms with Crippen LogP contribution in [0.5, 0.6) is 0 Å². The summed E-state index contributed by atoms with van der Waals surface area (Å²) in [5.41, 5.74) is -1.63. The summed E-state index contributed by atoms with van der Waals surface area (Å²) in [4.78, 5) is 23.4. The van der Waals surface area contributed by atoms with Crippen LogP contribution in [0.3, 0.4) is 0 Å². The Labute approximate surface area is 143 Å². The van der Waals surface area contributed by atoms with E-state index in [0.29, 0.717) is 0 Å². The average molecular weight is 362 g/mol. The number of aliphatic hydroxyl groups excluding tert-OH is 2. The molecular weight excluding hydrogens is 341 g/mol. The van der Waals surface area contributed by atoms with Gasteiger partial charge in [0.2, 0.25) is 11.8 Å². The number of hydrogen-bond donors (Lipinski definition) is 4. The Bertz CT molecular complexity index is 618. The maximum absolute atomic E-state index is 12.6. The molecule has 0 heterocycles. The highest BCUT2D eigenvalue weighted by molar-refractivity contribution is 5.87. The molecule has 140 valence electrons. The van der Waals surface area contributed by atoms with Crippen LogP contribution in [0.15, 0.2) is 24.3 Å². The van der Waals surface area contributed by atoms with Crippen molar-refractivity contribution in [2.45, 2.75) is 32.7 Å². The standard InChI is InChI=1S/C16H21F3N2O4/c1-15(2,9-22)13(24)14(25)21-8-12(23)20-7-10-4-3-5-11(6-10)16(17,18)19/h3-6,13,22,24H,7-9H2,1-2H3,(H,20,23)(H,21,25)/t13-/m0/s1. The van der Waals surface area contributed by atoms with Crippen LogP contribution in [0.2, 0.25) is 0 Å². The molecule has 9 heteroatoms. The van der Waals surface area contributed by atoms with E-state index in [0.717, 1.165) is 12.1 Å². The summed E-state index contributed by atoms with van der Waals surface area (Å²) < 4.78 is 37.8. The summed E-state index contributed by atoms with van der Waals surface area (Å²) in [6.07, 6.45) is -5.97. The Morgan fingerprint density at radius 2 is 1.84 bits per heavy atom. The van der Waals surface area contributed by atoms with Crippen molar-refractivity contribution in [3.63, 3.8) is 0 Å². The molecule has 2 amide bonds. The zero-order valence-electron chi connectivity index (χ0n) is 13.9. The minimum atomic E-state index is -4.47. The van der Waals surface area contributed by atoms with E-state index >= 15 is 0 Å². The number of nitrogens with one attached hydrogen (secondary N) is 2. The fourth-order valence-electron chi connectivity index (χ4n) is 1.83. The van der Waals surface area contributed by atoms with E-state index < -0.39 is 48.2 Å². The van der Waals surface area contributed by atoms with Crippen molar-refractivity contribution in [3.8, 4) is 0 Å². The molecule has 0 aliphatic heterocycles. The lowest BCUT2D eigenvalue weighted by atomic mass is 9.87. The van der Waals surface area contributed by atoms with Crippen molar-refractivity contribution >= 4 is 11.8 Å². The second-order valence-corrected chi connectivity index (χ2v) is 6.24. The number of rotatable bonds is 7. The molecule has 0 unspecified atom stereocenters. The van der Waals surface area contributed by atoms with Gasteiger partial charge in [0.15, 0.2) is 0 Å². The number of carbonyl (C=O) groups excluding carboxylic acids is 2. The van der Waals surface area contributed by atoms with Gasteiger partial charge in [-0.25, -0.2) is 0 Å². The van der Waals surface area contributed by atoms with Crippen LogP contribution in [-0.2, 0) is 22.3 Å². The number of amides is 2.